The van der Waals surface area contributed by atoms with Crippen LogP contribution in [0.15, 0.2) is 24.5 Å². The van der Waals surface area contributed by atoms with Crippen LogP contribution < -0.4 is 5.32 Å². The number of aromatic hydroxyl groups is 1. The lowest BCUT2D eigenvalue weighted by molar-refractivity contribution is 0.102. The van der Waals surface area contributed by atoms with Crippen LogP contribution in [0.5, 0.6) is 5.75 Å². The number of carbonyl (C=O) groups is 1. The molecule has 0 fully saturated rings. The Morgan fingerprint density at radius 2 is 1.75 bits per heavy atom. The molecule has 20 heavy (non-hydrogen) atoms. The Hall–Kier alpha value is -2.64. The van der Waals surface area contributed by atoms with E-state index >= 15 is 0 Å². The van der Waals surface area contributed by atoms with Crippen molar-refractivity contribution in [3.05, 3.63) is 53.4 Å². The van der Waals surface area contributed by atoms with E-state index in [2.05, 4.69) is 4.98 Å². The highest BCUT2D eigenvalue weighted by Crippen LogP contribution is 2.25. The quantitative estimate of drug-likeness (QED) is 0.659. The van der Waals surface area contributed by atoms with Crippen molar-refractivity contribution >= 4 is 11.6 Å². The van der Waals surface area contributed by atoms with E-state index in [1.165, 1.54) is 0 Å². The normalized spacial score (nSPS) is 10.4. The number of anilines is 1. The first-order chi connectivity index (χ1) is 9.41. The molecule has 0 atom stereocenters. The zero-order chi connectivity index (χ0) is 14.9. The van der Waals surface area contributed by atoms with Crippen LogP contribution in [0.2, 0.25) is 0 Å². The number of halogens is 4. The lowest BCUT2D eigenvalue weighted by Gasteiger charge is -2.09. The lowest BCUT2D eigenvalue weighted by Crippen LogP contribution is -2.16. The molecule has 104 valence electrons. The summed E-state index contributed by atoms with van der Waals surface area (Å²) < 4.78 is 52.6. The topological polar surface area (TPSA) is 62.2 Å². The summed E-state index contributed by atoms with van der Waals surface area (Å²) in [5.74, 6) is -8.50. The number of nitrogens with zero attached hydrogens (tertiary/aromatic N) is 1. The van der Waals surface area contributed by atoms with E-state index in [1.807, 2.05) is 0 Å². The summed E-state index contributed by atoms with van der Waals surface area (Å²) in [7, 11) is 0. The van der Waals surface area contributed by atoms with Gasteiger partial charge in [-0.15, -0.1) is 0 Å². The molecule has 8 heteroatoms. The van der Waals surface area contributed by atoms with Crippen molar-refractivity contribution in [1.82, 2.24) is 4.98 Å². The van der Waals surface area contributed by atoms with E-state index in [-0.39, 0.29) is 11.6 Å². The second-order valence-electron chi connectivity index (χ2n) is 3.69. The molecule has 1 heterocycles. The molecular weight excluding hydrogens is 280 g/mol. The minimum absolute atomic E-state index is 0.0181. The SMILES string of the molecule is O=C(Nc1c(F)c(F)cc(F)c1F)c1ccncc1O. The van der Waals surface area contributed by atoms with Gasteiger partial charge in [0.25, 0.3) is 5.91 Å². The number of amides is 1. The molecule has 1 aromatic heterocycles. The van der Waals surface area contributed by atoms with Gasteiger partial charge in [-0.25, -0.2) is 17.6 Å². The van der Waals surface area contributed by atoms with Gasteiger partial charge in [0.1, 0.15) is 11.4 Å². The van der Waals surface area contributed by atoms with Crippen LogP contribution in [0.1, 0.15) is 10.4 Å². The van der Waals surface area contributed by atoms with Crippen molar-refractivity contribution < 1.29 is 27.5 Å². The third-order valence-electron chi connectivity index (χ3n) is 2.39. The van der Waals surface area contributed by atoms with Crippen LogP contribution in [0.25, 0.3) is 0 Å². The second-order valence-corrected chi connectivity index (χ2v) is 3.69. The summed E-state index contributed by atoms with van der Waals surface area (Å²) in [6.45, 7) is 0. The fourth-order valence-corrected chi connectivity index (χ4v) is 1.44. The molecule has 0 bridgehead atoms. The molecule has 2 rings (SSSR count). The number of benzene rings is 1. The Labute approximate surface area is 109 Å². The number of hydrogen-bond donors (Lipinski definition) is 2. The predicted octanol–water partition coefficient (Wildman–Crippen LogP) is 2.60. The largest absolute Gasteiger partial charge is 0.505 e. The standard InChI is InChI=1S/C12H6F4N2O2/c13-6-3-7(14)10(16)11(9(6)15)18-12(20)5-1-2-17-4-8(5)19/h1-4,19H,(H,18,20). The fourth-order valence-electron chi connectivity index (χ4n) is 1.44. The third-order valence-corrected chi connectivity index (χ3v) is 2.39. The summed E-state index contributed by atoms with van der Waals surface area (Å²) in [4.78, 5) is 15.2. The number of carbonyl (C=O) groups excluding carboxylic acids is 1. The average molecular weight is 286 g/mol. The molecule has 4 nitrogen and oxygen atoms in total. The van der Waals surface area contributed by atoms with Crippen molar-refractivity contribution in [3.8, 4) is 5.75 Å². The Kier molecular flexibility index (Phi) is 3.55. The first-order valence-electron chi connectivity index (χ1n) is 5.19. The zero-order valence-electron chi connectivity index (χ0n) is 9.62. The van der Waals surface area contributed by atoms with E-state index in [0.717, 1.165) is 18.5 Å². The summed E-state index contributed by atoms with van der Waals surface area (Å²) in [5.41, 5.74) is -1.63. The molecule has 0 aliphatic heterocycles. The predicted molar refractivity (Wildman–Crippen MR) is 60.1 cm³/mol. The highest BCUT2D eigenvalue weighted by atomic mass is 19.2. The minimum atomic E-state index is -1.74. The number of nitrogens with one attached hydrogen (secondary N) is 1. The molecule has 0 radical (unpaired) electrons. The molecule has 0 saturated carbocycles. The summed E-state index contributed by atoms with van der Waals surface area (Å²) in [6.07, 6.45) is 2.07. The van der Waals surface area contributed by atoms with Crippen molar-refractivity contribution in [3.63, 3.8) is 0 Å². The highest BCUT2D eigenvalue weighted by Gasteiger charge is 2.22. The smallest absolute Gasteiger partial charge is 0.259 e. The monoisotopic (exact) mass is 286 g/mol. The molecule has 0 spiro atoms. The summed E-state index contributed by atoms with van der Waals surface area (Å²) in [5, 5.41) is 11.0. The number of rotatable bonds is 2. The van der Waals surface area contributed by atoms with Gasteiger partial charge in [-0.05, 0) is 6.07 Å². The van der Waals surface area contributed by atoms with Gasteiger partial charge in [0.2, 0.25) is 0 Å². The molecule has 2 N–H and O–H groups in total. The molecule has 2 aromatic rings. The number of aromatic nitrogens is 1. The minimum Gasteiger partial charge on any atom is -0.505 e. The highest BCUT2D eigenvalue weighted by molar-refractivity contribution is 6.06. The van der Waals surface area contributed by atoms with Crippen LogP contribution in [-0.4, -0.2) is 16.0 Å². The molecule has 1 amide bonds. The Balaban J connectivity index is 2.41. The molecule has 0 unspecified atom stereocenters. The van der Waals surface area contributed by atoms with E-state index in [0.29, 0.717) is 0 Å². The maximum atomic E-state index is 13.3. The Bertz CT molecular complexity index is 665. The first-order valence-corrected chi connectivity index (χ1v) is 5.19. The van der Waals surface area contributed by atoms with Crippen LogP contribution in [0.3, 0.4) is 0 Å². The molecule has 1 aromatic carbocycles. The second kappa shape index (κ2) is 5.16. The van der Waals surface area contributed by atoms with Gasteiger partial charge in [0.05, 0.1) is 11.8 Å². The Morgan fingerprint density at radius 3 is 2.30 bits per heavy atom. The van der Waals surface area contributed by atoms with Crippen LogP contribution in [0, 0.1) is 23.3 Å². The van der Waals surface area contributed by atoms with Crippen molar-refractivity contribution in [2.75, 3.05) is 5.32 Å². The van der Waals surface area contributed by atoms with Crippen molar-refractivity contribution in [2.45, 2.75) is 0 Å². The molecular formula is C12H6F4N2O2. The van der Waals surface area contributed by atoms with Gasteiger partial charge < -0.3 is 10.4 Å². The van der Waals surface area contributed by atoms with Gasteiger partial charge in [-0.2, -0.15) is 0 Å². The Morgan fingerprint density at radius 1 is 1.15 bits per heavy atom. The average Bonchev–Trinajstić information content (AvgIpc) is 2.41. The van der Waals surface area contributed by atoms with Gasteiger partial charge in [-0.1, -0.05) is 0 Å². The van der Waals surface area contributed by atoms with Gasteiger partial charge in [0, 0.05) is 12.3 Å². The van der Waals surface area contributed by atoms with E-state index in [4.69, 9.17) is 0 Å². The first kappa shape index (κ1) is 13.8. The fraction of sp³-hybridized carbons (Fsp3) is 0. The number of hydrogen-bond acceptors (Lipinski definition) is 3. The van der Waals surface area contributed by atoms with Crippen molar-refractivity contribution in [2.24, 2.45) is 0 Å². The maximum Gasteiger partial charge on any atom is 0.259 e. The summed E-state index contributed by atoms with van der Waals surface area (Å²) in [6, 6.07) is 1.08. The maximum absolute atomic E-state index is 13.3. The zero-order valence-corrected chi connectivity index (χ0v) is 9.62. The molecule has 0 aliphatic carbocycles. The van der Waals surface area contributed by atoms with Gasteiger partial charge >= 0.3 is 0 Å². The van der Waals surface area contributed by atoms with E-state index in [1.54, 1.807) is 5.32 Å². The number of pyridine rings is 1. The van der Waals surface area contributed by atoms with Crippen molar-refractivity contribution in [1.29, 1.82) is 0 Å². The molecule has 0 saturated heterocycles. The summed E-state index contributed by atoms with van der Waals surface area (Å²) >= 11 is 0. The van der Waals surface area contributed by atoms with Gasteiger partial charge in [0.15, 0.2) is 23.3 Å². The van der Waals surface area contributed by atoms with Crippen LogP contribution >= 0.6 is 0 Å². The van der Waals surface area contributed by atoms with Crippen LogP contribution in [-0.2, 0) is 0 Å². The third kappa shape index (κ3) is 2.40. The van der Waals surface area contributed by atoms with E-state index in [9.17, 15) is 27.5 Å². The molecule has 0 aliphatic rings. The lowest BCUT2D eigenvalue weighted by atomic mass is 10.2. The van der Waals surface area contributed by atoms with Gasteiger partial charge in [-0.3, -0.25) is 9.78 Å². The van der Waals surface area contributed by atoms with Crippen LogP contribution in [0.4, 0.5) is 23.2 Å². The van der Waals surface area contributed by atoms with E-state index < -0.39 is 40.6 Å².